The van der Waals surface area contributed by atoms with Crippen LogP contribution in [-0.4, -0.2) is 40.1 Å². The molecule has 2 N–H and O–H groups in total. The number of rotatable bonds is 1. The van der Waals surface area contributed by atoms with Crippen molar-refractivity contribution >= 4 is 16.9 Å². The van der Waals surface area contributed by atoms with Crippen LogP contribution < -0.4 is 10.2 Å². The predicted molar refractivity (Wildman–Crippen MR) is 70.7 cm³/mol. The highest BCUT2D eigenvalue weighted by molar-refractivity contribution is 5.87. The zero-order valence-electron chi connectivity index (χ0n) is 10.3. The first-order chi connectivity index (χ1) is 8.90. The molecule has 4 rings (SSSR count). The summed E-state index contributed by atoms with van der Waals surface area (Å²) in [5, 5.41) is 4.84. The monoisotopic (exact) mass is 243 g/mol. The van der Waals surface area contributed by atoms with E-state index in [0.29, 0.717) is 12.1 Å². The highest BCUT2D eigenvalue weighted by Gasteiger charge is 2.30. The second-order valence-corrected chi connectivity index (χ2v) is 5.33. The first kappa shape index (κ1) is 10.3. The van der Waals surface area contributed by atoms with Gasteiger partial charge in [0, 0.05) is 31.4 Å². The second-order valence-electron chi connectivity index (χ2n) is 5.33. The summed E-state index contributed by atoms with van der Waals surface area (Å²) in [4.78, 5) is 14.3. The van der Waals surface area contributed by atoms with Gasteiger partial charge in [0.1, 0.15) is 17.8 Å². The van der Waals surface area contributed by atoms with E-state index in [0.717, 1.165) is 29.9 Å². The summed E-state index contributed by atoms with van der Waals surface area (Å²) in [6.45, 7) is 2.13. The predicted octanol–water partition coefficient (Wildman–Crippen LogP) is 1.29. The molecule has 2 aliphatic rings. The molecule has 2 fully saturated rings. The van der Waals surface area contributed by atoms with E-state index in [4.69, 9.17) is 0 Å². The van der Waals surface area contributed by atoms with Crippen LogP contribution in [0.25, 0.3) is 11.0 Å². The van der Waals surface area contributed by atoms with Gasteiger partial charge in [-0.15, -0.1) is 0 Å². The largest absolute Gasteiger partial charge is 0.353 e. The third-order valence-corrected chi connectivity index (χ3v) is 4.09. The quantitative estimate of drug-likeness (QED) is 0.792. The van der Waals surface area contributed by atoms with Crippen LogP contribution in [0.3, 0.4) is 0 Å². The van der Waals surface area contributed by atoms with Crippen molar-refractivity contribution in [2.24, 2.45) is 0 Å². The summed E-state index contributed by atoms with van der Waals surface area (Å²) in [6, 6.07) is 3.32. The Balaban J connectivity index is 1.72. The Morgan fingerprint density at radius 2 is 2.00 bits per heavy atom. The summed E-state index contributed by atoms with van der Waals surface area (Å²) in [5.41, 5.74) is 0.934. The molecule has 2 aromatic rings. The van der Waals surface area contributed by atoms with Crippen LogP contribution in [0.4, 0.5) is 5.82 Å². The second kappa shape index (κ2) is 3.95. The molecule has 94 valence electrons. The van der Waals surface area contributed by atoms with Crippen molar-refractivity contribution in [1.82, 2.24) is 20.3 Å². The van der Waals surface area contributed by atoms with Crippen LogP contribution >= 0.6 is 0 Å². The van der Waals surface area contributed by atoms with E-state index in [1.54, 1.807) is 6.33 Å². The minimum Gasteiger partial charge on any atom is -0.353 e. The third-order valence-electron chi connectivity index (χ3n) is 4.09. The maximum absolute atomic E-state index is 4.50. The highest BCUT2D eigenvalue weighted by atomic mass is 15.3. The first-order valence-electron chi connectivity index (χ1n) is 6.69. The average molecular weight is 243 g/mol. The molecule has 5 heteroatoms. The van der Waals surface area contributed by atoms with Crippen molar-refractivity contribution in [2.45, 2.75) is 31.3 Å². The van der Waals surface area contributed by atoms with Gasteiger partial charge >= 0.3 is 0 Å². The van der Waals surface area contributed by atoms with Gasteiger partial charge < -0.3 is 15.2 Å². The lowest BCUT2D eigenvalue weighted by Gasteiger charge is -2.43. The summed E-state index contributed by atoms with van der Waals surface area (Å²) < 4.78 is 0. The molecule has 2 bridgehead atoms. The van der Waals surface area contributed by atoms with E-state index in [1.807, 2.05) is 6.20 Å². The smallest absolute Gasteiger partial charge is 0.142 e. The molecule has 0 radical (unpaired) electrons. The number of H-pyrrole nitrogens is 1. The van der Waals surface area contributed by atoms with Crippen molar-refractivity contribution in [2.75, 3.05) is 18.0 Å². The number of nitrogens with one attached hydrogen (secondary N) is 2. The van der Waals surface area contributed by atoms with Gasteiger partial charge in [0.05, 0.1) is 5.39 Å². The summed E-state index contributed by atoms with van der Waals surface area (Å²) >= 11 is 0. The van der Waals surface area contributed by atoms with Gasteiger partial charge in [0.15, 0.2) is 0 Å². The molecule has 0 spiro atoms. The number of hydrogen-bond donors (Lipinski definition) is 2. The van der Waals surface area contributed by atoms with Crippen molar-refractivity contribution in [1.29, 1.82) is 0 Å². The Bertz CT molecular complexity index is 551. The standard InChI is InChI=1S/C13H17N5/c1-2-9-6-18(7-10(3-1)17-9)13-11-4-5-14-12(11)15-8-16-13/h4-5,8-10,17H,1-3,6-7H2,(H,14,15,16). The molecule has 2 atom stereocenters. The van der Waals surface area contributed by atoms with E-state index in [9.17, 15) is 0 Å². The molecule has 2 aromatic heterocycles. The normalized spacial score (nSPS) is 27.7. The number of anilines is 1. The summed E-state index contributed by atoms with van der Waals surface area (Å²) in [7, 11) is 0. The van der Waals surface area contributed by atoms with Gasteiger partial charge in [0.25, 0.3) is 0 Å². The van der Waals surface area contributed by atoms with Gasteiger partial charge in [-0.25, -0.2) is 9.97 Å². The molecule has 0 aromatic carbocycles. The van der Waals surface area contributed by atoms with Gasteiger partial charge in [-0.05, 0) is 18.9 Å². The Morgan fingerprint density at radius 3 is 2.83 bits per heavy atom. The highest BCUT2D eigenvalue weighted by Crippen LogP contribution is 2.27. The van der Waals surface area contributed by atoms with Crippen LogP contribution in [0.15, 0.2) is 18.6 Å². The Labute approximate surface area is 106 Å². The lowest BCUT2D eigenvalue weighted by molar-refractivity contribution is 0.283. The van der Waals surface area contributed by atoms with Crippen molar-refractivity contribution in [3.63, 3.8) is 0 Å². The Morgan fingerprint density at radius 1 is 1.17 bits per heavy atom. The zero-order valence-corrected chi connectivity index (χ0v) is 10.3. The summed E-state index contributed by atoms with van der Waals surface area (Å²) in [6.07, 6.45) is 7.53. The maximum Gasteiger partial charge on any atom is 0.142 e. The van der Waals surface area contributed by atoms with E-state index in [-0.39, 0.29) is 0 Å². The van der Waals surface area contributed by atoms with Crippen molar-refractivity contribution in [3.8, 4) is 0 Å². The minimum atomic E-state index is 0.626. The van der Waals surface area contributed by atoms with Gasteiger partial charge in [-0.3, -0.25) is 0 Å². The first-order valence-corrected chi connectivity index (χ1v) is 6.69. The molecular formula is C13H17N5. The lowest BCUT2D eigenvalue weighted by Crippen LogP contribution is -2.59. The topological polar surface area (TPSA) is 56.8 Å². The number of aromatic nitrogens is 3. The van der Waals surface area contributed by atoms with Gasteiger partial charge in [0.2, 0.25) is 0 Å². The summed E-state index contributed by atoms with van der Waals surface area (Å²) in [5.74, 6) is 1.08. The Kier molecular flexibility index (Phi) is 2.26. The molecule has 4 heterocycles. The van der Waals surface area contributed by atoms with Crippen LogP contribution in [0.2, 0.25) is 0 Å². The molecule has 0 saturated carbocycles. The average Bonchev–Trinajstić information content (AvgIpc) is 2.86. The number of nitrogens with zero attached hydrogens (tertiary/aromatic N) is 3. The molecule has 2 saturated heterocycles. The molecule has 18 heavy (non-hydrogen) atoms. The fourth-order valence-corrected chi connectivity index (χ4v) is 3.29. The fourth-order valence-electron chi connectivity index (χ4n) is 3.29. The molecule has 0 amide bonds. The molecule has 2 aliphatic heterocycles. The number of hydrogen-bond acceptors (Lipinski definition) is 4. The van der Waals surface area contributed by atoms with E-state index >= 15 is 0 Å². The SMILES string of the molecule is c1nc(N2CC3CCCC(C2)N3)c2cc[nH]c2n1. The van der Waals surface area contributed by atoms with Gasteiger partial charge in [-0.2, -0.15) is 0 Å². The minimum absolute atomic E-state index is 0.626. The van der Waals surface area contributed by atoms with E-state index < -0.39 is 0 Å². The molecular weight excluding hydrogens is 226 g/mol. The van der Waals surface area contributed by atoms with Crippen LogP contribution in [-0.2, 0) is 0 Å². The number of piperazine rings is 1. The zero-order chi connectivity index (χ0) is 11.9. The van der Waals surface area contributed by atoms with Crippen molar-refractivity contribution in [3.05, 3.63) is 18.6 Å². The Hall–Kier alpha value is -1.62. The molecule has 2 unspecified atom stereocenters. The van der Waals surface area contributed by atoms with Crippen LogP contribution in [0, 0.1) is 0 Å². The molecule has 5 nitrogen and oxygen atoms in total. The number of fused-ring (bicyclic) bond motifs is 3. The number of aromatic amines is 1. The maximum atomic E-state index is 4.50. The third kappa shape index (κ3) is 1.58. The number of piperidine rings is 1. The fraction of sp³-hybridized carbons (Fsp3) is 0.538. The van der Waals surface area contributed by atoms with Gasteiger partial charge in [-0.1, -0.05) is 6.42 Å². The lowest BCUT2D eigenvalue weighted by atomic mass is 9.94. The van der Waals surface area contributed by atoms with E-state index in [2.05, 4.69) is 31.2 Å². The van der Waals surface area contributed by atoms with E-state index in [1.165, 1.54) is 19.3 Å². The molecule has 0 aliphatic carbocycles. The van der Waals surface area contributed by atoms with Crippen molar-refractivity contribution < 1.29 is 0 Å². The van der Waals surface area contributed by atoms with Crippen LogP contribution in [0.1, 0.15) is 19.3 Å². The van der Waals surface area contributed by atoms with Crippen LogP contribution in [0.5, 0.6) is 0 Å².